The molecule has 2 amide bonds. The lowest BCUT2D eigenvalue weighted by atomic mass is 10.2. The SMILES string of the molecule is COc1ccc(OCCNC(=O)CCNC(=O)c2ccc(F)cc2F)cc1. The zero-order chi connectivity index (χ0) is 19.6. The van der Waals surface area contributed by atoms with E-state index in [0.29, 0.717) is 18.4 Å². The fourth-order valence-electron chi connectivity index (χ4n) is 2.18. The highest BCUT2D eigenvalue weighted by Crippen LogP contribution is 2.16. The van der Waals surface area contributed by atoms with Crippen LogP contribution in [0.4, 0.5) is 8.78 Å². The molecule has 2 rings (SSSR count). The number of halogens is 2. The molecule has 27 heavy (non-hydrogen) atoms. The lowest BCUT2D eigenvalue weighted by Crippen LogP contribution is -2.33. The van der Waals surface area contributed by atoms with Gasteiger partial charge < -0.3 is 20.1 Å². The largest absolute Gasteiger partial charge is 0.497 e. The monoisotopic (exact) mass is 378 g/mol. The van der Waals surface area contributed by atoms with Gasteiger partial charge in [-0.25, -0.2) is 8.78 Å². The van der Waals surface area contributed by atoms with E-state index in [0.717, 1.165) is 17.9 Å². The van der Waals surface area contributed by atoms with Crippen LogP contribution in [-0.4, -0.2) is 38.6 Å². The Balaban J connectivity index is 1.62. The molecule has 0 saturated carbocycles. The summed E-state index contributed by atoms with van der Waals surface area (Å²) in [5, 5.41) is 5.06. The van der Waals surface area contributed by atoms with Gasteiger partial charge in [0.2, 0.25) is 5.91 Å². The number of carbonyl (C=O) groups is 2. The van der Waals surface area contributed by atoms with Crippen molar-refractivity contribution in [3.63, 3.8) is 0 Å². The van der Waals surface area contributed by atoms with Gasteiger partial charge in [-0.3, -0.25) is 9.59 Å². The molecule has 0 atom stereocenters. The molecular weight excluding hydrogens is 358 g/mol. The number of carbonyl (C=O) groups excluding carboxylic acids is 2. The zero-order valence-corrected chi connectivity index (χ0v) is 14.8. The molecule has 2 aromatic carbocycles. The van der Waals surface area contributed by atoms with Gasteiger partial charge in [0.25, 0.3) is 5.91 Å². The molecule has 8 heteroatoms. The minimum Gasteiger partial charge on any atom is -0.497 e. The molecule has 0 fully saturated rings. The van der Waals surface area contributed by atoms with Crippen LogP contribution in [0.25, 0.3) is 0 Å². The Kier molecular flexibility index (Phi) is 7.54. The van der Waals surface area contributed by atoms with Crippen molar-refractivity contribution in [3.05, 3.63) is 59.7 Å². The van der Waals surface area contributed by atoms with Crippen molar-refractivity contribution >= 4 is 11.8 Å². The number of rotatable bonds is 9. The number of hydrogen-bond acceptors (Lipinski definition) is 4. The Morgan fingerprint density at radius 3 is 2.33 bits per heavy atom. The molecule has 144 valence electrons. The second-order valence-corrected chi connectivity index (χ2v) is 5.50. The van der Waals surface area contributed by atoms with E-state index in [1.54, 1.807) is 31.4 Å². The molecule has 0 saturated heterocycles. The maximum absolute atomic E-state index is 13.5. The Morgan fingerprint density at radius 2 is 1.67 bits per heavy atom. The topological polar surface area (TPSA) is 76.7 Å². The van der Waals surface area contributed by atoms with Crippen molar-refractivity contribution in [1.29, 1.82) is 0 Å². The molecule has 0 spiro atoms. The Bertz CT molecular complexity index is 782. The summed E-state index contributed by atoms with van der Waals surface area (Å²) in [6.45, 7) is 0.609. The van der Waals surface area contributed by atoms with Crippen LogP contribution in [0.2, 0.25) is 0 Å². The fourth-order valence-corrected chi connectivity index (χ4v) is 2.18. The van der Waals surface area contributed by atoms with Gasteiger partial charge in [0.1, 0.15) is 29.7 Å². The quantitative estimate of drug-likeness (QED) is 0.657. The van der Waals surface area contributed by atoms with Gasteiger partial charge in [0.15, 0.2) is 0 Å². The van der Waals surface area contributed by atoms with E-state index >= 15 is 0 Å². The van der Waals surface area contributed by atoms with Crippen LogP contribution in [0.3, 0.4) is 0 Å². The van der Waals surface area contributed by atoms with Crippen LogP contribution in [0.5, 0.6) is 11.5 Å². The first-order chi connectivity index (χ1) is 13.0. The van der Waals surface area contributed by atoms with E-state index in [9.17, 15) is 18.4 Å². The predicted molar refractivity (Wildman–Crippen MR) is 94.8 cm³/mol. The van der Waals surface area contributed by atoms with E-state index < -0.39 is 17.5 Å². The zero-order valence-electron chi connectivity index (χ0n) is 14.8. The average Bonchev–Trinajstić information content (AvgIpc) is 2.65. The summed E-state index contributed by atoms with van der Waals surface area (Å²) >= 11 is 0. The second-order valence-electron chi connectivity index (χ2n) is 5.50. The maximum Gasteiger partial charge on any atom is 0.254 e. The van der Waals surface area contributed by atoms with Crippen LogP contribution in [0.15, 0.2) is 42.5 Å². The Labute approximate surface area is 155 Å². The highest BCUT2D eigenvalue weighted by molar-refractivity contribution is 5.94. The molecule has 2 N–H and O–H groups in total. The van der Waals surface area contributed by atoms with Crippen molar-refractivity contribution < 1.29 is 27.8 Å². The molecule has 0 radical (unpaired) electrons. The average molecular weight is 378 g/mol. The third-order valence-corrected chi connectivity index (χ3v) is 3.57. The molecule has 0 aromatic heterocycles. The molecule has 0 aliphatic carbocycles. The normalized spacial score (nSPS) is 10.2. The van der Waals surface area contributed by atoms with Crippen molar-refractivity contribution in [1.82, 2.24) is 10.6 Å². The maximum atomic E-state index is 13.5. The standard InChI is InChI=1S/C19H20F2N2O4/c1-26-14-3-5-15(6-4-14)27-11-10-22-18(24)8-9-23-19(25)16-7-2-13(20)12-17(16)21/h2-7,12H,8-11H2,1H3,(H,22,24)(H,23,25). The molecule has 0 bridgehead atoms. The molecule has 0 unspecified atom stereocenters. The van der Waals surface area contributed by atoms with Crippen LogP contribution < -0.4 is 20.1 Å². The molecule has 0 aliphatic rings. The van der Waals surface area contributed by atoms with Crippen molar-refractivity contribution in [2.75, 3.05) is 26.8 Å². The van der Waals surface area contributed by atoms with Crippen molar-refractivity contribution in [2.45, 2.75) is 6.42 Å². The van der Waals surface area contributed by atoms with E-state index in [-0.39, 0.29) is 31.0 Å². The number of methoxy groups -OCH3 is 1. The fraction of sp³-hybridized carbons (Fsp3) is 0.263. The van der Waals surface area contributed by atoms with Gasteiger partial charge in [-0.2, -0.15) is 0 Å². The van der Waals surface area contributed by atoms with Gasteiger partial charge in [-0.15, -0.1) is 0 Å². The van der Waals surface area contributed by atoms with Gasteiger partial charge in [0.05, 0.1) is 19.2 Å². The van der Waals surface area contributed by atoms with Crippen LogP contribution in [0.1, 0.15) is 16.8 Å². The highest BCUT2D eigenvalue weighted by Gasteiger charge is 2.12. The van der Waals surface area contributed by atoms with Crippen LogP contribution >= 0.6 is 0 Å². The molecule has 0 aliphatic heterocycles. The van der Waals surface area contributed by atoms with Crippen molar-refractivity contribution in [3.8, 4) is 11.5 Å². The third kappa shape index (κ3) is 6.58. The number of ether oxygens (including phenoxy) is 2. The minimum absolute atomic E-state index is 0.0249. The molecule has 2 aromatic rings. The summed E-state index contributed by atoms with van der Waals surface area (Å²) in [5.74, 6) is -1.33. The number of benzene rings is 2. The summed E-state index contributed by atoms with van der Waals surface area (Å²) in [6, 6.07) is 9.71. The first-order valence-corrected chi connectivity index (χ1v) is 8.26. The van der Waals surface area contributed by atoms with E-state index in [1.165, 1.54) is 0 Å². The molecule has 0 heterocycles. The van der Waals surface area contributed by atoms with E-state index in [1.807, 2.05) is 0 Å². The first-order valence-electron chi connectivity index (χ1n) is 8.26. The summed E-state index contributed by atoms with van der Waals surface area (Å²) in [6.07, 6.45) is 0.0249. The summed E-state index contributed by atoms with van der Waals surface area (Å²) in [7, 11) is 1.57. The minimum atomic E-state index is -0.951. The highest BCUT2D eigenvalue weighted by atomic mass is 19.1. The van der Waals surface area contributed by atoms with Gasteiger partial charge in [-0.05, 0) is 36.4 Å². The summed E-state index contributed by atoms with van der Waals surface area (Å²) in [4.78, 5) is 23.5. The summed E-state index contributed by atoms with van der Waals surface area (Å²) in [5.41, 5.74) is -0.273. The molecular formula is C19H20F2N2O4. The van der Waals surface area contributed by atoms with Gasteiger partial charge in [-0.1, -0.05) is 0 Å². The first kappa shape index (κ1) is 20.2. The van der Waals surface area contributed by atoms with Crippen molar-refractivity contribution in [2.24, 2.45) is 0 Å². The smallest absolute Gasteiger partial charge is 0.254 e. The van der Waals surface area contributed by atoms with Gasteiger partial charge in [0, 0.05) is 19.0 Å². The van der Waals surface area contributed by atoms with E-state index in [4.69, 9.17) is 9.47 Å². The Morgan fingerprint density at radius 1 is 0.963 bits per heavy atom. The summed E-state index contributed by atoms with van der Waals surface area (Å²) < 4.78 is 36.8. The lowest BCUT2D eigenvalue weighted by Gasteiger charge is -2.09. The molecule has 6 nitrogen and oxygen atoms in total. The Hall–Kier alpha value is -3.16. The second kappa shape index (κ2) is 10.1. The van der Waals surface area contributed by atoms with Gasteiger partial charge >= 0.3 is 0 Å². The lowest BCUT2D eigenvalue weighted by molar-refractivity contribution is -0.121. The number of amides is 2. The van der Waals surface area contributed by atoms with E-state index in [2.05, 4.69) is 10.6 Å². The third-order valence-electron chi connectivity index (χ3n) is 3.57. The number of hydrogen-bond donors (Lipinski definition) is 2. The predicted octanol–water partition coefficient (Wildman–Crippen LogP) is 2.29. The van der Waals surface area contributed by atoms with Crippen LogP contribution in [0, 0.1) is 11.6 Å². The number of nitrogens with one attached hydrogen (secondary N) is 2. The van der Waals surface area contributed by atoms with Crippen LogP contribution in [-0.2, 0) is 4.79 Å².